The Morgan fingerprint density at radius 1 is 1.26 bits per heavy atom. The summed E-state index contributed by atoms with van der Waals surface area (Å²) in [4.78, 5) is 24.6. The van der Waals surface area contributed by atoms with Gasteiger partial charge in [-0.15, -0.1) is 21.5 Å². The quantitative estimate of drug-likeness (QED) is 0.476. The van der Waals surface area contributed by atoms with Crippen LogP contribution in [0.5, 0.6) is 6.01 Å². The maximum atomic E-state index is 13.2. The Hall–Kier alpha value is -2.96. The van der Waals surface area contributed by atoms with Crippen molar-refractivity contribution in [1.82, 2.24) is 30.0 Å². The molecule has 0 spiro atoms. The lowest BCUT2D eigenvalue weighted by Crippen LogP contribution is -2.36. The number of carbonyl (C=O) groups is 1. The minimum absolute atomic E-state index is 0.0706. The molecule has 3 aromatic heterocycles. The van der Waals surface area contributed by atoms with E-state index >= 15 is 0 Å². The molecule has 0 fully saturated rings. The van der Waals surface area contributed by atoms with E-state index in [4.69, 9.17) is 4.74 Å². The number of alkyl halides is 3. The average Bonchev–Trinajstić information content (AvgIpc) is 3.39. The predicted molar refractivity (Wildman–Crippen MR) is 121 cm³/mol. The molecule has 4 heterocycles. The zero-order chi connectivity index (χ0) is 24.5. The summed E-state index contributed by atoms with van der Waals surface area (Å²) in [7, 11) is 0. The van der Waals surface area contributed by atoms with Crippen LogP contribution in [0.15, 0.2) is 6.07 Å². The van der Waals surface area contributed by atoms with Crippen LogP contribution in [0.4, 0.5) is 19.0 Å². The molecule has 1 N–H and O–H groups in total. The van der Waals surface area contributed by atoms with Crippen LogP contribution in [-0.2, 0) is 30.5 Å². The molecule has 1 aliphatic heterocycles. The van der Waals surface area contributed by atoms with Crippen LogP contribution >= 0.6 is 11.3 Å². The maximum Gasteiger partial charge on any atom is 0.451 e. The summed E-state index contributed by atoms with van der Waals surface area (Å²) in [5.74, 6) is -0.357. The Morgan fingerprint density at radius 3 is 2.76 bits per heavy atom. The highest BCUT2D eigenvalue weighted by Gasteiger charge is 2.39. The number of anilines is 1. The lowest BCUT2D eigenvalue weighted by atomic mass is 10.2. The van der Waals surface area contributed by atoms with Gasteiger partial charge in [0.25, 0.3) is 0 Å². The summed E-state index contributed by atoms with van der Waals surface area (Å²) in [5.41, 5.74) is 0. The highest BCUT2D eigenvalue weighted by Crippen LogP contribution is 2.35. The van der Waals surface area contributed by atoms with Gasteiger partial charge in [0.1, 0.15) is 17.3 Å². The van der Waals surface area contributed by atoms with Gasteiger partial charge in [0.2, 0.25) is 11.7 Å². The first-order chi connectivity index (χ1) is 16.2. The van der Waals surface area contributed by atoms with Crippen LogP contribution < -0.4 is 15.0 Å². The second-order valence-corrected chi connectivity index (χ2v) is 9.43. The minimum Gasteiger partial charge on any atom is -0.462 e. The molecule has 34 heavy (non-hydrogen) atoms. The van der Waals surface area contributed by atoms with Gasteiger partial charge in [0.15, 0.2) is 5.82 Å². The first-order valence-corrected chi connectivity index (χ1v) is 11.9. The number of fused-ring (bicyclic) bond motifs is 2. The molecular weight excluding hydrogens is 471 g/mol. The SMILES string of the molecule is CCCc1cc2c(N3CCn4c(nnc4C(F)(F)F)C3)nc(OCCNC(=O)C(C)C)nc2s1. The van der Waals surface area contributed by atoms with Crippen molar-refractivity contribution >= 4 is 33.3 Å². The summed E-state index contributed by atoms with van der Waals surface area (Å²) in [6.07, 6.45) is -2.69. The Morgan fingerprint density at radius 2 is 2.06 bits per heavy atom. The molecule has 0 bridgehead atoms. The van der Waals surface area contributed by atoms with Gasteiger partial charge in [-0.3, -0.25) is 4.79 Å². The normalized spacial score (nSPS) is 14.0. The van der Waals surface area contributed by atoms with Crippen molar-refractivity contribution in [3.63, 3.8) is 0 Å². The van der Waals surface area contributed by atoms with Crippen LogP contribution in [-0.4, -0.2) is 50.3 Å². The summed E-state index contributed by atoms with van der Waals surface area (Å²) < 4.78 is 46.5. The number of aromatic nitrogens is 5. The van der Waals surface area contributed by atoms with Crippen LogP contribution in [0.2, 0.25) is 0 Å². The number of amides is 1. The third kappa shape index (κ3) is 5.08. The van der Waals surface area contributed by atoms with E-state index in [1.54, 1.807) is 25.2 Å². The molecule has 0 unspecified atom stereocenters. The minimum atomic E-state index is -4.55. The van der Waals surface area contributed by atoms with E-state index in [0.29, 0.717) is 18.9 Å². The van der Waals surface area contributed by atoms with Crippen molar-refractivity contribution in [1.29, 1.82) is 0 Å². The van der Waals surface area contributed by atoms with E-state index in [2.05, 4.69) is 32.4 Å². The second kappa shape index (κ2) is 9.72. The first-order valence-electron chi connectivity index (χ1n) is 11.1. The Bertz CT molecular complexity index is 1180. The van der Waals surface area contributed by atoms with Crippen LogP contribution in [0.1, 0.15) is 43.7 Å². The molecule has 3 aromatic rings. The highest BCUT2D eigenvalue weighted by atomic mass is 32.1. The number of thiophene rings is 1. The van der Waals surface area contributed by atoms with Crippen LogP contribution in [0.3, 0.4) is 0 Å². The van der Waals surface area contributed by atoms with Crippen molar-refractivity contribution in [2.75, 3.05) is 24.6 Å². The number of nitrogens with zero attached hydrogens (tertiary/aromatic N) is 6. The van der Waals surface area contributed by atoms with E-state index in [-0.39, 0.29) is 43.4 Å². The molecule has 13 heteroatoms. The van der Waals surface area contributed by atoms with Gasteiger partial charge in [-0.2, -0.15) is 23.1 Å². The Labute approximate surface area is 198 Å². The fourth-order valence-electron chi connectivity index (χ4n) is 3.68. The number of ether oxygens (including phenoxy) is 1. The Kier molecular flexibility index (Phi) is 6.91. The summed E-state index contributed by atoms with van der Waals surface area (Å²) in [5, 5.41) is 10.7. The van der Waals surface area contributed by atoms with Crippen LogP contribution in [0, 0.1) is 5.92 Å². The second-order valence-electron chi connectivity index (χ2n) is 8.32. The summed E-state index contributed by atoms with van der Waals surface area (Å²) in [6, 6.07) is 2.19. The Balaban J connectivity index is 1.59. The maximum absolute atomic E-state index is 13.2. The molecule has 0 saturated heterocycles. The largest absolute Gasteiger partial charge is 0.462 e. The van der Waals surface area contributed by atoms with Crippen molar-refractivity contribution in [3.05, 3.63) is 22.6 Å². The van der Waals surface area contributed by atoms with Crippen LogP contribution in [0.25, 0.3) is 10.2 Å². The average molecular weight is 498 g/mol. The van der Waals surface area contributed by atoms with Gasteiger partial charge in [-0.25, -0.2) is 0 Å². The number of carbonyl (C=O) groups excluding carboxylic acids is 1. The lowest BCUT2D eigenvalue weighted by molar-refractivity contribution is -0.147. The first kappa shape index (κ1) is 24.2. The predicted octanol–water partition coefficient (Wildman–Crippen LogP) is 3.43. The van der Waals surface area contributed by atoms with E-state index in [0.717, 1.165) is 32.5 Å². The summed E-state index contributed by atoms with van der Waals surface area (Å²) in [6.45, 7) is 6.74. The van der Waals surface area contributed by atoms with Gasteiger partial charge < -0.3 is 19.5 Å². The molecule has 1 aliphatic rings. The molecule has 4 rings (SSSR count). The van der Waals surface area contributed by atoms with Gasteiger partial charge in [-0.05, 0) is 12.5 Å². The van der Waals surface area contributed by atoms with Crippen molar-refractivity contribution in [2.45, 2.75) is 52.9 Å². The third-order valence-corrected chi connectivity index (χ3v) is 6.45. The topological polar surface area (TPSA) is 98.1 Å². The fraction of sp³-hybridized carbons (Fsp3) is 0.571. The van der Waals surface area contributed by atoms with E-state index < -0.39 is 12.0 Å². The fourth-order valence-corrected chi connectivity index (χ4v) is 4.80. The molecular formula is C21H26F3N7O2S. The van der Waals surface area contributed by atoms with Gasteiger partial charge in [0.05, 0.1) is 18.5 Å². The molecule has 9 nitrogen and oxygen atoms in total. The number of nitrogens with one attached hydrogen (secondary N) is 1. The van der Waals surface area contributed by atoms with Crippen molar-refractivity contribution in [3.8, 4) is 6.01 Å². The number of rotatable bonds is 8. The van der Waals surface area contributed by atoms with Gasteiger partial charge in [0, 0.05) is 23.9 Å². The van der Waals surface area contributed by atoms with Crippen molar-refractivity contribution < 1.29 is 22.7 Å². The monoisotopic (exact) mass is 497 g/mol. The molecule has 0 saturated carbocycles. The lowest BCUT2D eigenvalue weighted by Gasteiger charge is -2.29. The molecule has 0 aliphatic carbocycles. The van der Waals surface area contributed by atoms with E-state index in [1.165, 1.54) is 0 Å². The van der Waals surface area contributed by atoms with E-state index in [1.807, 2.05) is 11.0 Å². The van der Waals surface area contributed by atoms with E-state index in [9.17, 15) is 18.0 Å². The number of hydrogen-bond acceptors (Lipinski definition) is 8. The smallest absolute Gasteiger partial charge is 0.451 e. The molecule has 0 radical (unpaired) electrons. The number of halogens is 3. The molecule has 0 aromatic carbocycles. The number of aryl methyl sites for hydroxylation is 1. The van der Waals surface area contributed by atoms with Crippen molar-refractivity contribution in [2.24, 2.45) is 5.92 Å². The zero-order valence-electron chi connectivity index (χ0n) is 19.1. The summed E-state index contributed by atoms with van der Waals surface area (Å²) >= 11 is 1.55. The van der Waals surface area contributed by atoms with Gasteiger partial charge >= 0.3 is 12.2 Å². The molecule has 1 amide bonds. The standard InChI is InChI=1S/C21H26F3N7O2S/c1-4-5-13-10-14-16(30-7-8-31-15(11-30)28-29-19(31)21(22,23)24)26-20(27-18(14)34-13)33-9-6-25-17(32)12(2)3/h10,12H,4-9,11H2,1-3H3,(H,25,32). The highest BCUT2D eigenvalue weighted by molar-refractivity contribution is 7.18. The molecule has 0 atom stereocenters. The zero-order valence-corrected chi connectivity index (χ0v) is 20.0. The number of hydrogen-bond donors (Lipinski definition) is 1. The molecule has 184 valence electrons. The van der Waals surface area contributed by atoms with Gasteiger partial charge in [-0.1, -0.05) is 27.2 Å². The third-order valence-electron chi connectivity index (χ3n) is 5.36.